The average molecular weight is 1210 g/mol. The molecule has 0 rings (SSSR count). The van der Waals surface area contributed by atoms with Gasteiger partial charge in [0.05, 0.1) is 165 Å². The molecule has 3 N–H and O–H groups in total. The van der Waals surface area contributed by atoms with E-state index in [2.05, 4.69) is 39.9 Å². The smallest absolute Gasteiger partial charge is 0.337 e. The summed E-state index contributed by atoms with van der Waals surface area (Å²) in [6.45, 7) is 7.32. The minimum absolute atomic E-state index is 0.0273. The van der Waals surface area contributed by atoms with E-state index in [-0.39, 0.29) is 106 Å². The van der Waals surface area contributed by atoms with Crippen LogP contribution >= 0.6 is 0 Å². The number of unbranched alkanes of at least 4 members (excludes halogenated alkanes) is 2. The normalized spacial score (nSPS) is 13.0. The summed E-state index contributed by atoms with van der Waals surface area (Å²) in [5.74, 6) is -2.63. The fraction of sp³-hybridized carbons (Fsp3) is 0.780. The number of carbonyl (C=O) groups is 3. The number of esters is 3. The molecule has 0 aromatic carbocycles. The molecule has 472 valence electrons. The summed E-state index contributed by atoms with van der Waals surface area (Å²) in [5.41, 5.74) is -5.04. The maximum absolute atomic E-state index is 12.8. The molecule has 0 amide bonds. The number of rotatable bonds is 53. The van der Waals surface area contributed by atoms with E-state index in [0.29, 0.717) is 91.7 Å². The third-order valence-electron chi connectivity index (χ3n) is 9.93. The molecule has 0 fully saturated rings. The van der Waals surface area contributed by atoms with E-state index >= 15 is 0 Å². The van der Waals surface area contributed by atoms with Crippen LogP contribution in [-0.4, -0.2) is 289 Å². The monoisotopic (exact) mass is 1200 g/mol. The lowest BCUT2D eigenvalue weighted by Gasteiger charge is -2.27. The first-order valence-corrected chi connectivity index (χ1v) is 25.8. The van der Waals surface area contributed by atoms with Crippen molar-refractivity contribution < 1.29 is 125 Å². The number of isocyanates is 8. The summed E-state index contributed by atoms with van der Waals surface area (Å²) in [7, 11) is 0. The van der Waals surface area contributed by atoms with E-state index in [1.807, 2.05) is 0 Å². The highest BCUT2D eigenvalue weighted by molar-refractivity contribution is 5.83. The summed E-state index contributed by atoms with van der Waals surface area (Å²) < 4.78 is 62.0. The van der Waals surface area contributed by atoms with Crippen LogP contribution in [0.2, 0.25) is 0 Å². The van der Waals surface area contributed by atoms with Gasteiger partial charge in [-0.3, -0.25) is 0 Å². The van der Waals surface area contributed by atoms with Crippen molar-refractivity contribution in [3.05, 3.63) is 0 Å². The van der Waals surface area contributed by atoms with Gasteiger partial charge in [-0.15, -0.1) is 0 Å². The van der Waals surface area contributed by atoms with E-state index in [0.717, 1.165) is 0 Å². The number of aliphatic hydroxyl groups excluding tert-OH is 3. The van der Waals surface area contributed by atoms with Gasteiger partial charge in [-0.25, -0.2) is 72.7 Å². The number of hydrogen-bond acceptors (Lipinski definition) is 34. The van der Waals surface area contributed by atoms with Gasteiger partial charge in [0.1, 0.15) is 25.4 Å². The summed E-state index contributed by atoms with van der Waals surface area (Å²) in [6.07, 6.45) is 11.6. The van der Waals surface area contributed by atoms with E-state index in [9.17, 15) is 52.7 Å². The summed E-state index contributed by atoms with van der Waals surface area (Å²) in [4.78, 5) is 147. The first-order chi connectivity index (χ1) is 40.7. The maximum Gasteiger partial charge on any atom is 0.337 e. The molecule has 0 saturated carbocycles. The second kappa shape index (κ2) is 59.1. The molecule has 0 aliphatic heterocycles. The molecule has 34 nitrogen and oxygen atoms in total. The first-order valence-electron chi connectivity index (χ1n) is 25.8. The Morgan fingerprint density at radius 2 is 0.702 bits per heavy atom. The molecular weight excluding hydrogens is 1130 g/mol. The minimum atomic E-state index is -1.84. The molecule has 0 heterocycles. The summed E-state index contributed by atoms with van der Waals surface area (Å²) >= 11 is 0. The van der Waals surface area contributed by atoms with Gasteiger partial charge in [0, 0.05) is 0 Å². The Morgan fingerprint density at radius 3 is 1.02 bits per heavy atom. The largest absolute Gasteiger partial charge is 0.461 e. The Balaban J connectivity index is -0.00000121. The highest BCUT2D eigenvalue weighted by Crippen LogP contribution is 2.20. The van der Waals surface area contributed by atoms with Gasteiger partial charge < -0.3 is 72.2 Å². The van der Waals surface area contributed by atoms with Gasteiger partial charge in [0.15, 0.2) is 16.6 Å². The van der Waals surface area contributed by atoms with Gasteiger partial charge >= 0.3 is 17.9 Å². The quantitative estimate of drug-likeness (QED) is 0.0194. The lowest BCUT2D eigenvalue weighted by molar-refractivity contribution is -0.159. The predicted octanol–water partition coefficient (Wildman–Crippen LogP) is -2.02. The molecule has 5 atom stereocenters. The second-order valence-corrected chi connectivity index (χ2v) is 16.6. The van der Waals surface area contributed by atoms with E-state index in [4.69, 9.17) is 72.2 Å². The minimum Gasteiger partial charge on any atom is -0.461 e. The van der Waals surface area contributed by atoms with Crippen LogP contribution in [0.25, 0.3) is 0 Å². The zero-order valence-electron chi connectivity index (χ0n) is 47.4. The van der Waals surface area contributed by atoms with E-state index < -0.39 is 53.2 Å². The lowest BCUT2D eigenvalue weighted by atomic mass is 10.0. The van der Waals surface area contributed by atoms with Gasteiger partial charge in [-0.05, 0) is 33.6 Å². The average Bonchev–Trinajstić information content (AvgIpc) is 3.67. The molecule has 0 bridgehead atoms. The van der Waals surface area contributed by atoms with Gasteiger partial charge in [0.2, 0.25) is 48.6 Å². The Bertz CT molecular complexity index is 2090. The van der Waals surface area contributed by atoms with Gasteiger partial charge in [-0.1, -0.05) is 12.8 Å². The van der Waals surface area contributed by atoms with Gasteiger partial charge in [-0.2, -0.15) is 20.0 Å². The van der Waals surface area contributed by atoms with Gasteiger partial charge in [0.25, 0.3) is 0 Å². The van der Waals surface area contributed by atoms with Crippen molar-refractivity contribution in [1.29, 1.82) is 0 Å². The number of carbonyl (C=O) groups excluding carboxylic acids is 11. The third-order valence-corrected chi connectivity index (χ3v) is 9.93. The van der Waals surface area contributed by atoms with Crippen LogP contribution in [0, 0.1) is 0 Å². The fourth-order valence-corrected chi connectivity index (χ4v) is 5.57. The van der Waals surface area contributed by atoms with Crippen LogP contribution in [0.15, 0.2) is 39.9 Å². The second-order valence-electron chi connectivity index (χ2n) is 16.6. The molecule has 34 heteroatoms. The van der Waals surface area contributed by atoms with E-state index in [1.165, 1.54) is 69.4 Å². The van der Waals surface area contributed by atoms with Crippen LogP contribution in [0.3, 0.4) is 0 Å². The number of ether oxygens (including phenoxy) is 12. The lowest BCUT2D eigenvalue weighted by Crippen LogP contribution is -2.44. The summed E-state index contributed by atoms with van der Waals surface area (Å²) in [5, 5.41) is 25.6. The van der Waals surface area contributed by atoms with Crippen molar-refractivity contribution in [2.45, 2.75) is 75.2 Å². The number of hydrogen-bond donors (Lipinski definition) is 3. The third kappa shape index (κ3) is 46.5. The Kier molecular flexibility index (Phi) is 57.2. The molecule has 0 aliphatic carbocycles. The molecule has 0 spiro atoms. The SMILES string of the molecule is CC(CN=C=O)(N=C=O)C(=O)OC(COCCOCCOCCO)C(CCCCCN=C=O)N=C=O.CC(CN=C=O)(N=C=O)C(=O)OCCOCCOCCOCCO.CC(CN=C=O)(N=C=O)C(=O)OCCOCCOCCOCCO. The summed E-state index contributed by atoms with van der Waals surface area (Å²) in [6, 6.07) is -0.826. The van der Waals surface area contributed by atoms with Crippen molar-refractivity contribution in [1.82, 2.24) is 0 Å². The topological polar surface area (TPSA) is 458 Å². The van der Waals surface area contributed by atoms with Crippen LogP contribution in [0.4, 0.5) is 0 Å². The fourth-order valence-electron chi connectivity index (χ4n) is 5.57. The van der Waals surface area contributed by atoms with Crippen molar-refractivity contribution in [2.75, 3.05) is 178 Å². The Morgan fingerprint density at radius 1 is 0.381 bits per heavy atom. The Labute approximate surface area is 483 Å². The van der Waals surface area contributed by atoms with Crippen molar-refractivity contribution in [2.24, 2.45) is 39.9 Å². The molecule has 5 unspecified atom stereocenters. The molecule has 0 aromatic rings. The van der Waals surface area contributed by atoms with Crippen LogP contribution in [-0.2, 0) is 110 Å². The number of nitrogens with zero attached hydrogens (tertiary/aromatic N) is 8. The number of aliphatic imine (C=N–C) groups is 8. The maximum atomic E-state index is 12.8. The molecule has 0 radical (unpaired) electrons. The highest BCUT2D eigenvalue weighted by atomic mass is 16.6. The first kappa shape index (κ1) is 81.2. The standard InChI is InChI=1S/C22H32N4O10.2C14H22N2O8/c1-22(26-18-31,14-24-16-29)21(32)36-20(13-35-12-11-34-10-9-33-8-7-27)19(25-17-30)5-3-2-4-6-23-15-28;2*1-14(16-12-19,10-15-11-18)13(20)24-9-8-23-7-6-22-5-4-21-3-2-17/h19-20,27H,2-14H2,1H3;2*17H,2-10H2,1H3. The van der Waals surface area contributed by atoms with Crippen molar-refractivity contribution >= 4 is 66.5 Å². The molecule has 0 aliphatic rings. The van der Waals surface area contributed by atoms with Crippen molar-refractivity contribution in [3.8, 4) is 0 Å². The van der Waals surface area contributed by atoms with Crippen LogP contribution in [0.1, 0.15) is 46.5 Å². The predicted molar refractivity (Wildman–Crippen MR) is 282 cm³/mol. The molecule has 84 heavy (non-hydrogen) atoms. The van der Waals surface area contributed by atoms with Crippen LogP contribution < -0.4 is 0 Å². The Hall–Kier alpha value is -7.03. The number of aliphatic hydroxyl groups is 3. The van der Waals surface area contributed by atoms with E-state index in [1.54, 1.807) is 0 Å². The zero-order valence-corrected chi connectivity index (χ0v) is 47.4. The molecule has 0 saturated heterocycles. The highest BCUT2D eigenvalue weighted by Gasteiger charge is 2.39. The molecular formula is C50H76N8O26. The van der Waals surface area contributed by atoms with Crippen molar-refractivity contribution in [3.63, 3.8) is 0 Å². The zero-order chi connectivity index (χ0) is 63.1. The molecule has 0 aromatic heterocycles. The van der Waals surface area contributed by atoms with Crippen LogP contribution in [0.5, 0.6) is 0 Å².